The first-order valence-corrected chi connectivity index (χ1v) is 15.2. The number of rotatable bonds is 21. The van der Waals surface area contributed by atoms with E-state index in [4.69, 9.17) is 0 Å². The van der Waals surface area contributed by atoms with Crippen LogP contribution in [-0.4, -0.2) is 0 Å². The van der Waals surface area contributed by atoms with Crippen molar-refractivity contribution < 1.29 is 0 Å². The van der Waals surface area contributed by atoms with Gasteiger partial charge in [0.05, 0.1) is 0 Å². The quantitative estimate of drug-likeness (QED) is 0.162. The molecule has 1 aromatic carbocycles. The van der Waals surface area contributed by atoms with Crippen molar-refractivity contribution in [2.75, 3.05) is 0 Å². The highest BCUT2D eigenvalue weighted by Crippen LogP contribution is 2.43. The zero-order chi connectivity index (χ0) is 24.3. The summed E-state index contributed by atoms with van der Waals surface area (Å²) in [5.74, 6) is 2.19. The molecule has 0 N–H and O–H groups in total. The fourth-order valence-electron chi connectivity index (χ4n) is 5.98. The minimum Gasteiger partial charge on any atom is -0.0654 e. The number of hydrogen-bond donors (Lipinski definition) is 0. The molecule has 0 aliphatic heterocycles. The smallest absolute Gasteiger partial charge is 0.0143 e. The third-order valence-electron chi connectivity index (χ3n) is 7.74. The van der Waals surface area contributed by atoms with Gasteiger partial charge in [0.1, 0.15) is 0 Å². The standard InChI is InChI=1S/C33H59/c1-7-13-16-23-28(20-10-4)31-26-19-27-32(29(21-11-5)24-17-14-8-2)33(31)30(22-12-6)25-18-15-9-3/h19,26,28-30H,7-18,20-25H2,1-6H3. The first-order chi connectivity index (χ1) is 16.2. The van der Waals surface area contributed by atoms with Crippen molar-refractivity contribution in [3.8, 4) is 0 Å². The highest BCUT2D eigenvalue weighted by atomic mass is 14.3. The molecular weight excluding hydrogens is 396 g/mol. The van der Waals surface area contributed by atoms with Crippen LogP contribution < -0.4 is 0 Å². The van der Waals surface area contributed by atoms with E-state index in [-0.39, 0.29) is 0 Å². The predicted octanol–water partition coefficient (Wildman–Crippen LogP) is 11.9. The number of benzene rings is 1. The summed E-state index contributed by atoms with van der Waals surface area (Å²) in [5.41, 5.74) is 5.14. The van der Waals surface area contributed by atoms with Gasteiger partial charge in [-0.3, -0.25) is 0 Å². The summed E-state index contributed by atoms with van der Waals surface area (Å²) in [4.78, 5) is 0. The Bertz CT molecular complexity index is 533. The predicted molar refractivity (Wildman–Crippen MR) is 151 cm³/mol. The van der Waals surface area contributed by atoms with Crippen molar-refractivity contribution in [1.29, 1.82) is 0 Å². The number of unbranched alkanes of at least 4 members (excludes halogenated alkanes) is 6. The molecule has 1 radical (unpaired) electrons. The average molecular weight is 456 g/mol. The maximum absolute atomic E-state index is 3.88. The molecular formula is C33H59. The highest BCUT2D eigenvalue weighted by molar-refractivity contribution is 5.42. The van der Waals surface area contributed by atoms with Crippen molar-refractivity contribution >= 4 is 0 Å². The SMILES string of the molecule is CCCCCC(CCC)c1[c]ccc(C(CCC)CCCCC)c1C(CCC)CCCCC. The van der Waals surface area contributed by atoms with Crippen molar-refractivity contribution in [2.24, 2.45) is 0 Å². The highest BCUT2D eigenvalue weighted by Gasteiger charge is 2.26. The molecule has 3 unspecified atom stereocenters. The van der Waals surface area contributed by atoms with E-state index in [1.165, 1.54) is 116 Å². The van der Waals surface area contributed by atoms with Gasteiger partial charge in [-0.1, -0.05) is 131 Å². The maximum Gasteiger partial charge on any atom is -0.0143 e. The molecule has 0 bridgehead atoms. The van der Waals surface area contributed by atoms with Crippen LogP contribution in [0.2, 0.25) is 0 Å². The summed E-state index contributed by atoms with van der Waals surface area (Å²) in [6, 6.07) is 8.70. The van der Waals surface area contributed by atoms with Crippen LogP contribution in [0.5, 0.6) is 0 Å². The van der Waals surface area contributed by atoms with Crippen LogP contribution in [0.15, 0.2) is 12.1 Å². The molecule has 0 aromatic heterocycles. The van der Waals surface area contributed by atoms with Crippen LogP contribution in [0.4, 0.5) is 0 Å². The summed E-state index contributed by atoms with van der Waals surface area (Å²) in [6.45, 7) is 14.2. The molecule has 0 saturated heterocycles. The van der Waals surface area contributed by atoms with Gasteiger partial charge >= 0.3 is 0 Å². The fraction of sp³-hybridized carbons (Fsp3) is 0.818. The normalized spacial score (nSPS) is 14.4. The molecule has 3 atom stereocenters. The molecule has 1 rings (SSSR count). The van der Waals surface area contributed by atoms with E-state index in [9.17, 15) is 0 Å². The van der Waals surface area contributed by atoms with Crippen LogP contribution >= 0.6 is 0 Å². The molecule has 33 heavy (non-hydrogen) atoms. The second-order valence-corrected chi connectivity index (χ2v) is 10.7. The van der Waals surface area contributed by atoms with Gasteiger partial charge in [-0.05, 0) is 79.0 Å². The average Bonchev–Trinajstić information content (AvgIpc) is 2.82. The van der Waals surface area contributed by atoms with Gasteiger partial charge in [-0.15, -0.1) is 0 Å². The van der Waals surface area contributed by atoms with E-state index in [0.29, 0.717) is 5.92 Å². The lowest BCUT2D eigenvalue weighted by Crippen LogP contribution is -2.14. The minimum atomic E-state index is 0.708. The van der Waals surface area contributed by atoms with E-state index in [1.807, 2.05) is 0 Å². The van der Waals surface area contributed by atoms with Gasteiger partial charge in [0.25, 0.3) is 0 Å². The zero-order valence-electron chi connectivity index (χ0n) is 23.6. The largest absolute Gasteiger partial charge is 0.0654 e. The van der Waals surface area contributed by atoms with Crippen LogP contribution in [0.1, 0.15) is 192 Å². The van der Waals surface area contributed by atoms with E-state index in [1.54, 1.807) is 16.7 Å². The summed E-state index contributed by atoms with van der Waals surface area (Å²) < 4.78 is 0. The van der Waals surface area contributed by atoms with Crippen LogP contribution in [0, 0.1) is 6.07 Å². The summed E-state index contributed by atoms with van der Waals surface area (Å²) >= 11 is 0. The van der Waals surface area contributed by atoms with Gasteiger partial charge in [-0.2, -0.15) is 0 Å². The topological polar surface area (TPSA) is 0 Å². The van der Waals surface area contributed by atoms with Crippen molar-refractivity contribution in [1.82, 2.24) is 0 Å². The molecule has 0 heteroatoms. The molecule has 0 nitrogen and oxygen atoms in total. The lowest BCUT2D eigenvalue weighted by atomic mass is 9.74. The van der Waals surface area contributed by atoms with Gasteiger partial charge in [-0.25, -0.2) is 0 Å². The maximum atomic E-state index is 3.88. The molecule has 0 saturated carbocycles. The first kappa shape index (κ1) is 30.3. The Morgan fingerprint density at radius 2 is 0.970 bits per heavy atom. The second-order valence-electron chi connectivity index (χ2n) is 10.7. The zero-order valence-corrected chi connectivity index (χ0v) is 23.6. The van der Waals surface area contributed by atoms with Gasteiger partial charge < -0.3 is 0 Å². The Balaban J connectivity index is 3.48. The van der Waals surface area contributed by atoms with E-state index < -0.39 is 0 Å². The van der Waals surface area contributed by atoms with Crippen LogP contribution in [-0.2, 0) is 0 Å². The third-order valence-corrected chi connectivity index (χ3v) is 7.74. The van der Waals surface area contributed by atoms with Crippen LogP contribution in [0.25, 0.3) is 0 Å². The molecule has 0 heterocycles. The Labute approximate surface area is 209 Å². The van der Waals surface area contributed by atoms with Gasteiger partial charge in [0.2, 0.25) is 0 Å². The van der Waals surface area contributed by atoms with E-state index in [2.05, 4.69) is 59.7 Å². The lowest BCUT2D eigenvalue weighted by Gasteiger charge is -2.31. The lowest BCUT2D eigenvalue weighted by molar-refractivity contribution is 0.479. The van der Waals surface area contributed by atoms with Crippen molar-refractivity contribution in [3.05, 3.63) is 34.9 Å². The number of hydrogen-bond acceptors (Lipinski definition) is 0. The molecule has 191 valence electrons. The Morgan fingerprint density at radius 1 is 0.515 bits per heavy atom. The Hall–Kier alpha value is -0.780. The minimum absolute atomic E-state index is 0.708. The van der Waals surface area contributed by atoms with E-state index in [0.717, 1.165) is 11.8 Å². The molecule has 0 fully saturated rings. The molecule has 0 spiro atoms. The van der Waals surface area contributed by atoms with Crippen molar-refractivity contribution in [2.45, 2.75) is 175 Å². The summed E-state index contributed by atoms with van der Waals surface area (Å²) in [5, 5.41) is 0. The Morgan fingerprint density at radius 3 is 1.48 bits per heavy atom. The second kappa shape index (κ2) is 19.5. The molecule has 0 aliphatic carbocycles. The molecule has 0 amide bonds. The van der Waals surface area contributed by atoms with Crippen molar-refractivity contribution in [3.63, 3.8) is 0 Å². The monoisotopic (exact) mass is 455 g/mol. The molecule has 1 aromatic rings. The van der Waals surface area contributed by atoms with Gasteiger partial charge in [0.15, 0.2) is 0 Å². The van der Waals surface area contributed by atoms with Crippen LogP contribution in [0.3, 0.4) is 0 Å². The fourth-order valence-corrected chi connectivity index (χ4v) is 5.98. The summed E-state index contributed by atoms with van der Waals surface area (Å²) in [6.07, 6.45) is 24.3. The molecule has 0 aliphatic rings. The first-order valence-electron chi connectivity index (χ1n) is 15.2. The van der Waals surface area contributed by atoms with E-state index >= 15 is 0 Å². The summed E-state index contributed by atoms with van der Waals surface area (Å²) in [7, 11) is 0. The Kier molecular flexibility index (Phi) is 17.9. The van der Waals surface area contributed by atoms with Gasteiger partial charge in [0, 0.05) is 0 Å². The third kappa shape index (κ3) is 11.0.